The van der Waals surface area contributed by atoms with Gasteiger partial charge in [0.15, 0.2) is 11.5 Å². The summed E-state index contributed by atoms with van der Waals surface area (Å²) in [5, 5.41) is 102. The number of phenolic OH excluding ortho intramolecular Hbond substituents is 2. The van der Waals surface area contributed by atoms with E-state index >= 15 is 0 Å². The number of ether oxygens (including phenoxy) is 5. The van der Waals surface area contributed by atoms with E-state index in [9.17, 15) is 51.1 Å². The summed E-state index contributed by atoms with van der Waals surface area (Å²) >= 11 is 0. The van der Waals surface area contributed by atoms with Crippen LogP contribution in [0.25, 0.3) is 22.3 Å². The highest BCUT2D eigenvalue weighted by Gasteiger charge is 2.47. The van der Waals surface area contributed by atoms with E-state index in [1.165, 1.54) is 37.4 Å². The summed E-state index contributed by atoms with van der Waals surface area (Å²) in [7, 11) is 1.32. The minimum atomic E-state index is -1.80. The van der Waals surface area contributed by atoms with Crippen LogP contribution in [0.15, 0.2) is 40.8 Å². The fraction of sp³-hybridized carbons (Fsp3) is 0.464. The van der Waals surface area contributed by atoms with Crippen LogP contribution < -0.4 is 14.2 Å². The number of methoxy groups -OCH3 is 1. The Kier molecular flexibility index (Phi) is 9.28. The lowest BCUT2D eigenvalue weighted by atomic mass is 9.99. The second-order valence-corrected chi connectivity index (χ2v) is 10.3. The van der Waals surface area contributed by atoms with Crippen molar-refractivity contribution in [2.24, 2.45) is 0 Å². The van der Waals surface area contributed by atoms with Crippen LogP contribution in [0.1, 0.15) is 0 Å². The monoisotopic (exact) mass is 625 g/mol. The van der Waals surface area contributed by atoms with Crippen molar-refractivity contribution in [1.82, 2.24) is 0 Å². The first kappa shape index (κ1) is 31.9. The molecule has 16 heteroatoms. The maximum atomic E-state index is 10.6. The SMILES string of the molecule is COc1cc(-c2[o+]c3cc(O)cc(O[C@@H]4O[C@H](CO)[C@@H](O)[C@H](O)[C@H]4O)c3cc2O[C@@H]2O[C@H](CO)[C@@H](O)[C@H](O)[C@H]2O)ccc1O. The van der Waals surface area contributed by atoms with Crippen molar-refractivity contribution in [3.63, 3.8) is 0 Å². The van der Waals surface area contributed by atoms with Crippen molar-refractivity contribution >= 4 is 11.0 Å². The van der Waals surface area contributed by atoms with Gasteiger partial charge in [0.1, 0.15) is 65.7 Å². The second-order valence-electron chi connectivity index (χ2n) is 10.3. The number of aromatic hydroxyl groups is 2. The standard InChI is InChI=1S/C28H32O16/c1-39-16-4-10(2-3-13(16)32)26-17(42-28-25(38)23(36)21(34)19(9-30)44-28)7-12-14(40-26)5-11(31)6-15(12)41-27-24(37)22(35)20(33)18(8-29)43-27/h2-7,18-25,27-30,33-38H,8-9H2,1H3,(H-,31,32)/p+1/t18-,19-,20-,21-,22+,23+,24-,25-,27-,28-/m1/s1. The average molecular weight is 626 g/mol. The van der Waals surface area contributed by atoms with Gasteiger partial charge in [-0.15, -0.1) is 0 Å². The first-order valence-corrected chi connectivity index (χ1v) is 13.4. The van der Waals surface area contributed by atoms with Gasteiger partial charge in [0, 0.05) is 18.2 Å². The largest absolute Gasteiger partial charge is 0.507 e. The Bertz CT molecular complexity index is 1460. The lowest BCUT2D eigenvalue weighted by molar-refractivity contribution is -0.277. The molecule has 3 heterocycles. The van der Waals surface area contributed by atoms with Crippen molar-refractivity contribution in [3.8, 4) is 40.1 Å². The van der Waals surface area contributed by atoms with Crippen LogP contribution in [0.4, 0.5) is 0 Å². The molecule has 2 aliphatic heterocycles. The smallest absolute Gasteiger partial charge is 0.402 e. The fourth-order valence-electron chi connectivity index (χ4n) is 4.96. The number of aliphatic hydroxyl groups is 8. The van der Waals surface area contributed by atoms with E-state index in [1.807, 2.05) is 0 Å². The maximum Gasteiger partial charge on any atom is 0.402 e. The molecule has 2 fully saturated rings. The van der Waals surface area contributed by atoms with Gasteiger partial charge < -0.3 is 74.7 Å². The van der Waals surface area contributed by atoms with E-state index in [2.05, 4.69) is 0 Å². The van der Waals surface area contributed by atoms with Gasteiger partial charge in [0.25, 0.3) is 0 Å². The highest BCUT2D eigenvalue weighted by molar-refractivity contribution is 5.89. The van der Waals surface area contributed by atoms with Gasteiger partial charge >= 0.3 is 11.3 Å². The van der Waals surface area contributed by atoms with Crippen LogP contribution in [-0.4, -0.2) is 133 Å². The van der Waals surface area contributed by atoms with Gasteiger partial charge in [-0.3, -0.25) is 0 Å². The van der Waals surface area contributed by atoms with Crippen molar-refractivity contribution in [2.45, 2.75) is 61.4 Å². The predicted octanol–water partition coefficient (Wildman–Crippen LogP) is -1.84. The molecule has 5 rings (SSSR count). The van der Waals surface area contributed by atoms with Gasteiger partial charge in [-0.1, -0.05) is 0 Å². The van der Waals surface area contributed by atoms with Gasteiger partial charge in [-0.05, 0) is 12.1 Å². The lowest BCUT2D eigenvalue weighted by Gasteiger charge is -2.39. The number of aliphatic hydroxyl groups excluding tert-OH is 8. The first-order chi connectivity index (χ1) is 21.0. The van der Waals surface area contributed by atoms with Crippen LogP contribution in [0.5, 0.6) is 28.7 Å². The molecule has 0 radical (unpaired) electrons. The van der Waals surface area contributed by atoms with Crippen LogP contribution in [0, 0.1) is 0 Å². The molecule has 1 aromatic heterocycles. The minimum absolute atomic E-state index is 0.0206. The summed E-state index contributed by atoms with van der Waals surface area (Å²) in [6.45, 7) is -1.43. The first-order valence-electron chi connectivity index (χ1n) is 13.4. The van der Waals surface area contributed by atoms with Crippen LogP contribution in [-0.2, 0) is 9.47 Å². The summed E-state index contributed by atoms with van der Waals surface area (Å²) < 4.78 is 33.9. The lowest BCUT2D eigenvalue weighted by Crippen LogP contribution is -2.60. The Morgan fingerprint density at radius 1 is 0.682 bits per heavy atom. The van der Waals surface area contributed by atoms with Crippen molar-refractivity contribution < 1.29 is 79.2 Å². The number of phenols is 2. The molecule has 10 atom stereocenters. The molecule has 3 aromatic rings. The molecule has 0 spiro atoms. The van der Waals surface area contributed by atoms with E-state index in [4.69, 9.17) is 28.1 Å². The Morgan fingerprint density at radius 3 is 1.80 bits per heavy atom. The zero-order valence-electron chi connectivity index (χ0n) is 23.1. The summed E-state index contributed by atoms with van der Waals surface area (Å²) in [6.07, 6.45) is -16.3. The molecular formula is C28H33O16+. The van der Waals surface area contributed by atoms with Crippen molar-refractivity contribution in [2.75, 3.05) is 20.3 Å². The van der Waals surface area contributed by atoms with Gasteiger partial charge in [-0.2, -0.15) is 0 Å². The third-order valence-corrected chi connectivity index (χ3v) is 7.43. The van der Waals surface area contributed by atoms with Crippen molar-refractivity contribution in [3.05, 3.63) is 36.4 Å². The molecule has 240 valence electrons. The highest BCUT2D eigenvalue weighted by atomic mass is 16.7. The van der Waals surface area contributed by atoms with Gasteiger partial charge in [-0.25, -0.2) is 4.42 Å². The minimum Gasteiger partial charge on any atom is -0.507 e. The normalized spacial score (nSPS) is 32.4. The van der Waals surface area contributed by atoms with Crippen LogP contribution in [0.3, 0.4) is 0 Å². The summed E-state index contributed by atoms with van der Waals surface area (Å²) in [5.74, 6) is -0.907. The molecule has 16 nitrogen and oxygen atoms in total. The molecule has 0 amide bonds. The topological polar surface area (TPSA) is 260 Å². The molecule has 0 saturated carbocycles. The molecular weight excluding hydrogens is 592 g/mol. The molecule has 0 unspecified atom stereocenters. The second kappa shape index (κ2) is 12.8. The number of benzene rings is 2. The summed E-state index contributed by atoms with van der Waals surface area (Å²) in [4.78, 5) is 0. The molecule has 0 bridgehead atoms. The van der Waals surface area contributed by atoms with Crippen LogP contribution in [0.2, 0.25) is 0 Å². The molecule has 44 heavy (non-hydrogen) atoms. The van der Waals surface area contributed by atoms with E-state index in [1.54, 1.807) is 0 Å². The van der Waals surface area contributed by atoms with Crippen LogP contribution >= 0.6 is 0 Å². The van der Waals surface area contributed by atoms with E-state index in [0.29, 0.717) is 0 Å². The zero-order chi connectivity index (χ0) is 31.9. The Hall–Kier alpha value is -3.55. The maximum absolute atomic E-state index is 10.6. The molecule has 10 N–H and O–H groups in total. The quantitative estimate of drug-likeness (QED) is 0.123. The molecule has 2 aromatic carbocycles. The van der Waals surface area contributed by atoms with E-state index < -0.39 is 74.6 Å². The number of rotatable bonds is 8. The molecule has 2 saturated heterocycles. The third-order valence-electron chi connectivity index (χ3n) is 7.43. The fourth-order valence-corrected chi connectivity index (χ4v) is 4.96. The molecule has 0 aliphatic carbocycles. The molecule has 2 aliphatic rings. The highest BCUT2D eigenvalue weighted by Crippen LogP contribution is 2.43. The Labute approximate surface area is 248 Å². The Balaban J connectivity index is 1.62. The predicted molar refractivity (Wildman–Crippen MR) is 145 cm³/mol. The zero-order valence-corrected chi connectivity index (χ0v) is 23.1. The summed E-state index contributed by atoms with van der Waals surface area (Å²) in [5.41, 5.74) is 0.244. The van der Waals surface area contributed by atoms with E-state index in [0.717, 1.165) is 6.07 Å². The number of fused-ring (bicyclic) bond motifs is 1. The average Bonchev–Trinajstić information content (AvgIpc) is 3.01. The summed E-state index contributed by atoms with van der Waals surface area (Å²) in [6, 6.07) is 7.81. The number of hydrogen-bond donors (Lipinski definition) is 10. The number of hydrogen-bond acceptors (Lipinski definition) is 15. The van der Waals surface area contributed by atoms with Gasteiger partial charge in [0.05, 0.1) is 32.0 Å². The Morgan fingerprint density at radius 2 is 1.25 bits per heavy atom. The van der Waals surface area contributed by atoms with Gasteiger partial charge in [0.2, 0.25) is 18.3 Å². The third kappa shape index (κ3) is 5.92. The van der Waals surface area contributed by atoms with E-state index in [-0.39, 0.29) is 51.0 Å². The van der Waals surface area contributed by atoms with Crippen molar-refractivity contribution in [1.29, 1.82) is 0 Å².